The van der Waals surface area contributed by atoms with Gasteiger partial charge in [-0.3, -0.25) is 9.20 Å². The number of sulfonamides is 1. The number of carbonyl (C=O) groups is 1. The van der Waals surface area contributed by atoms with Crippen LogP contribution in [0.25, 0.3) is 5.65 Å². The van der Waals surface area contributed by atoms with Crippen LogP contribution in [-0.4, -0.2) is 36.9 Å². The Morgan fingerprint density at radius 1 is 1.25 bits per heavy atom. The van der Waals surface area contributed by atoms with Crippen LogP contribution in [0, 0.1) is 6.92 Å². The molecule has 28 heavy (non-hydrogen) atoms. The molecule has 148 valence electrons. The first-order valence-electron chi connectivity index (χ1n) is 8.81. The predicted octanol–water partition coefficient (Wildman–Crippen LogP) is 1.66. The first kappa shape index (κ1) is 19.8. The SMILES string of the molecule is CCOc1cccn2c(C(=O)NCCc3ccc(S(N)(=O)=O)cc3)c(C)nc12. The van der Waals surface area contributed by atoms with E-state index in [1.807, 2.05) is 19.1 Å². The molecule has 1 amide bonds. The van der Waals surface area contributed by atoms with E-state index in [0.29, 0.717) is 42.4 Å². The third-order valence-corrected chi connectivity index (χ3v) is 5.18. The number of imidazole rings is 1. The summed E-state index contributed by atoms with van der Waals surface area (Å²) in [4.78, 5) is 17.2. The van der Waals surface area contributed by atoms with Crippen LogP contribution in [-0.2, 0) is 16.4 Å². The lowest BCUT2D eigenvalue weighted by Crippen LogP contribution is -2.27. The van der Waals surface area contributed by atoms with E-state index in [4.69, 9.17) is 9.88 Å². The van der Waals surface area contributed by atoms with Crippen molar-refractivity contribution in [2.24, 2.45) is 5.14 Å². The molecule has 0 unspecified atom stereocenters. The molecule has 0 atom stereocenters. The van der Waals surface area contributed by atoms with Gasteiger partial charge in [0.25, 0.3) is 5.91 Å². The lowest BCUT2D eigenvalue weighted by Gasteiger charge is -2.08. The summed E-state index contributed by atoms with van der Waals surface area (Å²) in [5.41, 5.74) is 2.56. The van der Waals surface area contributed by atoms with Gasteiger partial charge in [0.15, 0.2) is 11.4 Å². The normalized spacial score (nSPS) is 11.5. The monoisotopic (exact) mass is 402 g/mol. The zero-order chi connectivity index (χ0) is 20.3. The molecule has 0 saturated carbocycles. The zero-order valence-corrected chi connectivity index (χ0v) is 16.5. The van der Waals surface area contributed by atoms with Gasteiger partial charge in [0.1, 0.15) is 5.69 Å². The molecule has 3 aromatic rings. The van der Waals surface area contributed by atoms with Gasteiger partial charge in [0.05, 0.1) is 17.2 Å². The number of hydrogen-bond donors (Lipinski definition) is 2. The highest BCUT2D eigenvalue weighted by Crippen LogP contribution is 2.22. The number of rotatable bonds is 7. The largest absolute Gasteiger partial charge is 0.490 e. The molecule has 0 bridgehead atoms. The summed E-state index contributed by atoms with van der Waals surface area (Å²) in [5.74, 6) is 0.391. The topological polar surface area (TPSA) is 116 Å². The maximum atomic E-state index is 12.7. The standard InChI is InChI=1S/C19H22N4O4S/c1-3-27-16-5-4-12-23-17(13(2)22-18(16)23)19(24)21-11-10-14-6-8-15(9-7-14)28(20,25)26/h4-9,12H,3,10-11H2,1-2H3,(H,21,24)(H2,20,25,26). The van der Waals surface area contributed by atoms with Gasteiger partial charge in [0.2, 0.25) is 10.0 Å². The van der Waals surface area contributed by atoms with Gasteiger partial charge in [-0.1, -0.05) is 12.1 Å². The van der Waals surface area contributed by atoms with Gasteiger partial charge >= 0.3 is 0 Å². The molecule has 0 fully saturated rings. The average Bonchev–Trinajstić information content (AvgIpc) is 2.98. The van der Waals surface area contributed by atoms with Crippen molar-refractivity contribution in [1.29, 1.82) is 0 Å². The highest BCUT2D eigenvalue weighted by atomic mass is 32.2. The van der Waals surface area contributed by atoms with Gasteiger partial charge in [0, 0.05) is 12.7 Å². The molecule has 1 aromatic carbocycles. The van der Waals surface area contributed by atoms with Crippen molar-refractivity contribution < 1.29 is 17.9 Å². The Morgan fingerprint density at radius 2 is 1.96 bits per heavy atom. The maximum Gasteiger partial charge on any atom is 0.270 e. The Bertz CT molecular complexity index is 1100. The lowest BCUT2D eigenvalue weighted by molar-refractivity contribution is 0.0947. The average molecular weight is 402 g/mol. The summed E-state index contributed by atoms with van der Waals surface area (Å²) in [6.07, 6.45) is 2.33. The number of aryl methyl sites for hydroxylation is 1. The Balaban J connectivity index is 1.70. The smallest absolute Gasteiger partial charge is 0.270 e. The van der Waals surface area contributed by atoms with Crippen LogP contribution in [0.15, 0.2) is 47.5 Å². The molecule has 3 N–H and O–H groups in total. The number of primary sulfonamides is 1. The Kier molecular flexibility index (Phi) is 5.66. The molecule has 0 spiro atoms. The fourth-order valence-electron chi connectivity index (χ4n) is 2.95. The first-order chi connectivity index (χ1) is 13.3. The number of ether oxygens (including phenoxy) is 1. The molecular formula is C19H22N4O4S. The summed E-state index contributed by atoms with van der Waals surface area (Å²) in [6, 6.07) is 9.90. The molecule has 0 aliphatic carbocycles. The van der Waals surface area contributed by atoms with Crippen LogP contribution in [0.2, 0.25) is 0 Å². The fourth-order valence-corrected chi connectivity index (χ4v) is 3.46. The Hall–Kier alpha value is -2.91. The second kappa shape index (κ2) is 7.99. The van der Waals surface area contributed by atoms with Crippen molar-refractivity contribution in [3.05, 3.63) is 59.5 Å². The molecule has 2 heterocycles. The van der Waals surface area contributed by atoms with Gasteiger partial charge in [-0.25, -0.2) is 18.5 Å². The number of pyridine rings is 1. The maximum absolute atomic E-state index is 12.7. The van der Waals surface area contributed by atoms with E-state index in [0.717, 1.165) is 5.56 Å². The number of nitrogens with zero attached hydrogens (tertiary/aromatic N) is 2. The third-order valence-electron chi connectivity index (χ3n) is 4.25. The van der Waals surface area contributed by atoms with Crippen LogP contribution in [0.5, 0.6) is 5.75 Å². The summed E-state index contributed by atoms with van der Waals surface area (Å²) >= 11 is 0. The minimum Gasteiger partial charge on any atom is -0.490 e. The second-order valence-corrected chi connectivity index (χ2v) is 7.80. The number of carbonyl (C=O) groups excluding carboxylic acids is 1. The summed E-state index contributed by atoms with van der Waals surface area (Å²) < 4.78 is 29.9. The van der Waals surface area contributed by atoms with E-state index < -0.39 is 10.0 Å². The Morgan fingerprint density at radius 3 is 2.61 bits per heavy atom. The van der Waals surface area contributed by atoms with Crippen molar-refractivity contribution >= 4 is 21.6 Å². The van der Waals surface area contributed by atoms with Crippen LogP contribution in [0.1, 0.15) is 28.7 Å². The highest BCUT2D eigenvalue weighted by molar-refractivity contribution is 7.89. The second-order valence-electron chi connectivity index (χ2n) is 6.24. The fraction of sp³-hybridized carbons (Fsp3) is 0.263. The van der Waals surface area contributed by atoms with E-state index in [9.17, 15) is 13.2 Å². The van der Waals surface area contributed by atoms with Gasteiger partial charge < -0.3 is 10.1 Å². The molecule has 0 aliphatic rings. The minimum absolute atomic E-state index is 0.0618. The van der Waals surface area contributed by atoms with E-state index in [-0.39, 0.29) is 10.8 Å². The van der Waals surface area contributed by atoms with Crippen LogP contribution in [0.4, 0.5) is 0 Å². The van der Waals surface area contributed by atoms with Crippen molar-refractivity contribution in [3.63, 3.8) is 0 Å². The number of benzene rings is 1. The number of aromatic nitrogens is 2. The molecular weight excluding hydrogens is 380 g/mol. The van der Waals surface area contributed by atoms with E-state index >= 15 is 0 Å². The number of nitrogens with one attached hydrogen (secondary N) is 1. The summed E-state index contributed by atoms with van der Waals surface area (Å²) in [5, 5.41) is 7.97. The molecule has 8 nitrogen and oxygen atoms in total. The van der Waals surface area contributed by atoms with E-state index in [1.54, 1.807) is 29.7 Å². The molecule has 0 radical (unpaired) electrons. The van der Waals surface area contributed by atoms with Gasteiger partial charge in [-0.05, 0) is 50.1 Å². The van der Waals surface area contributed by atoms with Crippen LogP contribution < -0.4 is 15.2 Å². The summed E-state index contributed by atoms with van der Waals surface area (Å²) in [7, 11) is -3.71. The Labute approximate surface area is 163 Å². The quantitative estimate of drug-likeness (QED) is 0.624. The van der Waals surface area contributed by atoms with Crippen molar-refractivity contribution in [2.75, 3.05) is 13.2 Å². The predicted molar refractivity (Wildman–Crippen MR) is 105 cm³/mol. The van der Waals surface area contributed by atoms with Crippen LogP contribution >= 0.6 is 0 Å². The van der Waals surface area contributed by atoms with Gasteiger partial charge in [-0.15, -0.1) is 0 Å². The number of fused-ring (bicyclic) bond motifs is 1. The van der Waals surface area contributed by atoms with Crippen molar-refractivity contribution in [1.82, 2.24) is 14.7 Å². The molecule has 3 rings (SSSR count). The summed E-state index contributed by atoms with van der Waals surface area (Å²) in [6.45, 7) is 4.58. The van der Waals surface area contributed by atoms with Crippen LogP contribution in [0.3, 0.4) is 0 Å². The first-order valence-corrected chi connectivity index (χ1v) is 10.4. The minimum atomic E-state index is -3.71. The van der Waals surface area contributed by atoms with Crippen molar-refractivity contribution in [3.8, 4) is 5.75 Å². The molecule has 0 saturated heterocycles. The van der Waals surface area contributed by atoms with Crippen molar-refractivity contribution in [2.45, 2.75) is 25.2 Å². The zero-order valence-electron chi connectivity index (χ0n) is 15.7. The third kappa shape index (κ3) is 4.15. The molecule has 2 aromatic heterocycles. The van der Waals surface area contributed by atoms with E-state index in [1.165, 1.54) is 12.1 Å². The van der Waals surface area contributed by atoms with Gasteiger partial charge in [-0.2, -0.15) is 0 Å². The highest BCUT2D eigenvalue weighted by Gasteiger charge is 2.18. The molecule has 9 heteroatoms. The van der Waals surface area contributed by atoms with E-state index in [2.05, 4.69) is 10.3 Å². The lowest BCUT2D eigenvalue weighted by atomic mass is 10.1. The number of nitrogens with two attached hydrogens (primary N) is 1. The number of amides is 1. The molecule has 0 aliphatic heterocycles. The number of hydrogen-bond acceptors (Lipinski definition) is 5.